The third-order valence-electron chi connectivity index (χ3n) is 2.49. The molecule has 0 bridgehead atoms. The van der Waals surface area contributed by atoms with Crippen molar-refractivity contribution in [3.05, 3.63) is 63.1 Å². The Kier molecular flexibility index (Phi) is 4.04. The fourth-order valence-corrected chi connectivity index (χ4v) is 2.18. The van der Waals surface area contributed by atoms with Gasteiger partial charge in [0.15, 0.2) is 0 Å². The summed E-state index contributed by atoms with van der Waals surface area (Å²) in [6.07, 6.45) is 0. The first-order valence-electron chi connectivity index (χ1n) is 5.40. The molecule has 0 aliphatic rings. The Morgan fingerprint density at radius 1 is 1.22 bits per heavy atom. The van der Waals surface area contributed by atoms with E-state index in [1.165, 1.54) is 0 Å². The maximum atomic E-state index is 12.1. The van der Waals surface area contributed by atoms with Crippen LogP contribution in [0.5, 0.6) is 0 Å². The topological polar surface area (TPSA) is 29.1 Å². The molecule has 2 rings (SSSR count). The number of benzene rings is 2. The highest BCUT2D eigenvalue weighted by Crippen LogP contribution is 2.23. The molecule has 1 amide bonds. The molecule has 18 heavy (non-hydrogen) atoms. The van der Waals surface area contributed by atoms with Crippen LogP contribution in [0.2, 0.25) is 5.02 Å². The summed E-state index contributed by atoms with van der Waals surface area (Å²) in [5.74, 6) is -0.182. The van der Waals surface area contributed by atoms with E-state index in [0.29, 0.717) is 16.3 Å². The Morgan fingerprint density at radius 3 is 2.67 bits per heavy atom. The zero-order valence-corrected chi connectivity index (χ0v) is 12.0. The van der Waals surface area contributed by atoms with Crippen LogP contribution < -0.4 is 5.32 Å². The number of anilines is 1. The first-order valence-corrected chi connectivity index (χ1v) is 6.57. The fourth-order valence-electron chi connectivity index (χ4n) is 1.57. The smallest absolute Gasteiger partial charge is 0.256 e. The Hall–Kier alpha value is -1.32. The van der Waals surface area contributed by atoms with Crippen LogP contribution in [-0.4, -0.2) is 5.91 Å². The molecule has 0 saturated carbocycles. The predicted molar refractivity (Wildman–Crippen MR) is 78.3 cm³/mol. The first-order chi connectivity index (χ1) is 8.58. The van der Waals surface area contributed by atoms with Gasteiger partial charge in [-0.1, -0.05) is 35.4 Å². The second-order valence-corrected chi connectivity index (χ2v) is 5.18. The van der Waals surface area contributed by atoms with E-state index >= 15 is 0 Å². The first kappa shape index (κ1) is 13.1. The lowest BCUT2D eigenvalue weighted by molar-refractivity contribution is 0.102. The molecule has 0 saturated heterocycles. The quantitative estimate of drug-likeness (QED) is 0.855. The molecule has 2 nitrogen and oxygen atoms in total. The lowest BCUT2D eigenvalue weighted by Crippen LogP contribution is -2.13. The highest BCUT2D eigenvalue weighted by atomic mass is 79.9. The van der Waals surface area contributed by atoms with Crippen molar-refractivity contribution in [2.45, 2.75) is 6.92 Å². The maximum Gasteiger partial charge on any atom is 0.256 e. The number of aryl methyl sites for hydroxylation is 1. The van der Waals surface area contributed by atoms with Gasteiger partial charge < -0.3 is 5.32 Å². The number of halogens is 2. The third-order valence-corrected chi connectivity index (χ3v) is 3.51. The van der Waals surface area contributed by atoms with Gasteiger partial charge in [-0.2, -0.15) is 0 Å². The summed E-state index contributed by atoms with van der Waals surface area (Å²) < 4.78 is 0.762. The van der Waals surface area contributed by atoms with E-state index in [2.05, 4.69) is 21.2 Å². The number of carbonyl (C=O) groups is 1. The molecule has 92 valence electrons. The average molecular weight is 325 g/mol. The fraction of sp³-hybridized carbons (Fsp3) is 0.0714. The number of rotatable bonds is 2. The number of carbonyl (C=O) groups excluding carboxylic acids is 1. The summed E-state index contributed by atoms with van der Waals surface area (Å²) in [5.41, 5.74) is 2.23. The molecule has 0 spiro atoms. The van der Waals surface area contributed by atoms with Gasteiger partial charge in [-0.3, -0.25) is 4.79 Å². The number of hydrogen-bond acceptors (Lipinski definition) is 1. The van der Waals surface area contributed by atoms with Crippen LogP contribution in [0.25, 0.3) is 0 Å². The van der Waals surface area contributed by atoms with Crippen LogP contribution in [-0.2, 0) is 0 Å². The molecule has 0 aliphatic carbocycles. The molecule has 0 aliphatic heterocycles. The Bertz CT molecular complexity index is 598. The summed E-state index contributed by atoms with van der Waals surface area (Å²) in [5, 5.41) is 3.32. The largest absolute Gasteiger partial charge is 0.321 e. The van der Waals surface area contributed by atoms with E-state index in [9.17, 15) is 4.79 Å². The van der Waals surface area contributed by atoms with E-state index in [1.54, 1.807) is 12.1 Å². The molecular formula is C14H11BrClNO. The second kappa shape index (κ2) is 5.55. The Labute approximate surface area is 119 Å². The Balaban J connectivity index is 2.28. The summed E-state index contributed by atoms with van der Waals surface area (Å²) in [6.45, 7) is 1.94. The van der Waals surface area contributed by atoms with E-state index < -0.39 is 0 Å². The molecule has 1 N–H and O–H groups in total. The van der Waals surface area contributed by atoms with Gasteiger partial charge in [0.05, 0.1) is 16.3 Å². The van der Waals surface area contributed by atoms with Crippen molar-refractivity contribution in [2.75, 3.05) is 5.32 Å². The number of hydrogen-bond donors (Lipinski definition) is 1. The van der Waals surface area contributed by atoms with Gasteiger partial charge in [-0.25, -0.2) is 0 Å². The zero-order valence-electron chi connectivity index (χ0n) is 9.71. The molecule has 0 aromatic heterocycles. The second-order valence-electron chi connectivity index (χ2n) is 3.92. The van der Waals surface area contributed by atoms with Crippen LogP contribution >= 0.6 is 27.5 Å². The SMILES string of the molecule is Cc1ccc(Br)c(C(=O)Nc2ccccc2Cl)c1. The standard InChI is InChI=1S/C14H11BrClNO/c1-9-6-7-11(15)10(8-9)14(18)17-13-5-3-2-4-12(13)16/h2-8H,1H3,(H,17,18). The van der Waals surface area contributed by atoms with Crippen molar-refractivity contribution in [3.63, 3.8) is 0 Å². The van der Waals surface area contributed by atoms with Gasteiger partial charge in [0.25, 0.3) is 5.91 Å². The molecule has 2 aromatic carbocycles. The lowest BCUT2D eigenvalue weighted by atomic mass is 10.1. The van der Waals surface area contributed by atoms with Gasteiger partial charge in [0, 0.05) is 4.47 Å². The van der Waals surface area contributed by atoms with Crippen molar-refractivity contribution in [2.24, 2.45) is 0 Å². The van der Waals surface area contributed by atoms with Crippen LogP contribution in [0.15, 0.2) is 46.9 Å². The van der Waals surface area contributed by atoms with Crippen molar-refractivity contribution in [1.29, 1.82) is 0 Å². The van der Waals surface area contributed by atoms with Crippen molar-refractivity contribution < 1.29 is 4.79 Å². The highest BCUT2D eigenvalue weighted by Gasteiger charge is 2.11. The molecule has 0 heterocycles. The number of amides is 1. The Morgan fingerprint density at radius 2 is 1.94 bits per heavy atom. The molecule has 0 fully saturated rings. The molecule has 4 heteroatoms. The lowest BCUT2D eigenvalue weighted by Gasteiger charge is -2.09. The monoisotopic (exact) mass is 323 g/mol. The summed E-state index contributed by atoms with van der Waals surface area (Å²) in [6, 6.07) is 12.8. The molecule has 0 atom stereocenters. The zero-order chi connectivity index (χ0) is 13.1. The van der Waals surface area contributed by atoms with Crippen molar-refractivity contribution in [1.82, 2.24) is 0 Å². The number of para-hydroxylation sites is 1. The summed E-state index contributed by atoms with van der Waals surface area (Å²) >= 11 is 9.37. The van der Waals surface area contributed by atoms with Gasteiger partial charge >= 0.3 is 0 Å². The molecular weight excluding hydrogens is 314 g/mol. The van der Waals surface area contributed by atoms with Crippen LogP contribution in [0.3, 0.4) is 0 Å². The minimum Gasteiger partial charge on any atom is -0.321 e. The van der Waals surface area contributed by atoms with Gasteiger partial charge in [-0.15, -0.1) is 0 Å². The van der Waals surface area contributed by atoms with Gasteiger partial charge in [0.2, 0.25) is 0 Å². The van der Waals surface area contributed by atoms with Gasteiger partial charge in [-0.05, 0) is 47.1 Å². The maximum absolute atomic E-state index is 12.1. The van der Waals surface area contributed by atoms with Crippen molar-refractivity contribution in [3.8, 4) is 0 Å². The third kappa shape index (κ3) is 2.92. The van der Waals surface area contributed by atoms with Gasteiger partial charge in [0.1, 0.15) is 0 Å². The van der Waals surface area contributed by atoms with E-state index in [1.807, 2.05) is 37.3 Å². The van der Waals surface area contributed by atoms with E-state index in [0.717, 1.165) is 10.0 Å². The minimum absolute atomic E-state index is 0.182. The van der Waals surface area contributed by atoms with Crippen LogP contribution in [0.4, 0.5) is 5.69 Å². The van der Waals surface area contributed by atoms with E-state index in [4.69, 9.17) is 11.6 Å². The van der Waals surface area contributed by atoms with Crippen molar-refractivity contribution >= 4 is 39.1 Å². The average Bonchev–Trinajstić information content (AvgIpc) is 2.35. The van der Waals surface area contributed by atoms with Crippen LogP contribution in [0, 0.1) is 6.92 Å². The summed E-state index contributed by atoms with van der Waals surface area (Å²) in [7, 11) is 0. The van der Waals surface area contributed by atoms with Crippen LogP contribution in [0.1, 0.15) is 15.9 Å². The molecule has 0 unspecified atom stereocenters. The molecule has 2 aromatic rings. The molecule has 0 radical (unpaired) electrons. The normalized spacial score (nSPS) is 10.2. The van der Waals surface area contributed by atoms with E-state index in [-0.39, 0.29) is 5.91 Å². The predicted octanol–water partition coefficient (Wildman–Crippen LogP) is 4.66. The summed E-state index contributed by atoms with van der Waals surface area (Å²) in [4.78, 5) is 12.1. The highest BCUT2D eigenvalue weighted by molar-refractivity contribution is 9.10. The minimum atomic E-state index is -0.182. The number of nitrogens with one attached hydrogen (secondary N) is 1.